The number of nitrogens with one attached hydrogen (secondary N) is 1. The van der Waals surface area contributed by atoms with Crippen LogP contribution in [0.4, 0.5) is 0 Å². The summed E-state index contributed by atoms with van der Waals surface area (Å²) in [6.07, 6.45) is 5.21. The number of rotatable bonds is 7. The highest BCUT2D eigenvalue weighted by atomic mass is 127. The molecule has 156 valence electrons. The lowest BCUT2D eigenvalue weighted by atomic mass is 9.97. The summed E-state index contributed by atoms with van der Waals surface area (Å²) in [6.45, 7) is 7.75. The molecule has 1 atom stereocenters. The summed E-state index contributed by atoms with van der Waals surface area (Å²) in [5, 5.41) is 3.43. The van der Waals surface area contributed by atoms with Crippen molar-refractivity contribution in [3.63, 3.8) is 0 Å². The van der Waals surface area contributed by atoms with Gasteiger partial charge in [0.15, 0.2) is 5.96 Å². The molecule has 2 heterocycles. The molecule has 0 aliphatic carbocycles. The van der Waals surface area contributed by atoms with Crippen molar-refractivity contribution in [1.82, 2.24) is 15.1 Å². The maximum Gasteiger partial charge on any atom is 0.309 e. The second kappa shape index (κ2) is 12.4. The highest BCUT2D eigenvalue weighted by Gasteiger charge is 2.28. The van der Waals surface area contributed by atoms with E-state index >= 15 is 0 Å². The minimum Gasteiger partial charge on any atom is -0.466 e. The molecular formula is C19H35IN4O3. The predicted octanol–water partition coefficient (Wildman–Crippen LogP) is 2.25. The highest BCUT2D eigenvalue weighted by Crippen LogP contribution is 2.19. The summed E-state index contributed by atoms with van der Waals surface area (Å²) < 4.78 is 5.13. The fourth-order valence-electron chi connectivity index (χ4n) is 3.91. The monoisotopic (exact) mass is 494 g/mol. The van der Waals surface area contributed by atoms with Crippen LogP contribution in [0, 0.1) is 5.92 Å². The number of piperidine rings is 1. The van der Waals surface area contributed by atoms with Crippen LogP contribution in [-0.2, 0) is 14.3 Å². The van der Waals surface area contributed by atoms with E-state index in [4.69, 9.17) is 4.74 Å². The maximum absolute atomic E-state index is 11.9. The van der Waals surface area contributed by atoms with Gasteiger partial charge in [-0.2, -0.15) is 0 Å². The van der Waals surface area contributed by atoms with Gasteiger partial charge in [-0.25, -0.2) is 0 Å². The summed E-state index contributed by atoms with van der Waals surface area (Å²) in [7, 11) is 1.79. The molecule has 1 unspecified atom stereocenters. The molecule has 0 spiro atoms. The minimum atomic E-state index is -0.0730. The lowest BCUT2D eigenvalue weighted by Gasteiger charge is -2.34. The van der Waals surface area contributed by atoms with E-state index in [0.717, 1.165) is 64.2 Å². The summed E-state index contributed by atoms with van der Waals surface area (Å²) >= 11 is 0. The number of carbonyl (C=O) groups is 2. The first-order valence-electron chi connectivity index (χ1n) is 10.0. The Morgan fingerprint density at radius 2 is 2.00 bits per heavy atom. The van der Waals surface area contributed by atoms with Crippen LogP contribution in [-0.4, -0.2) is 73.5 Å². The molecule has 0 radical (unpaired) electrons. The first-order chi connectivity index (χ1) is 12.6. The number of nitrogens with zero attached hydrogens (tertiary/aromatic N) is 3. The van der Waals surface area contributed by atoms with E-state index in [1.807, 2.05) is 11.8 Å². The average Bonchev–Trinajstić information content (AvgIpc) is 3.08. The largest absolute Gasteiger partial charge is 0.466 e. The van der Waals surface area contributed by atoms with Crippen LogP contribution in [0.1, 0.15) is 52.4 Å². The Morgan fingerprint density at radius 1 is 1.30 bits per heavy atom. The topological polar surface area (TPSA) is 74.2 Å². The molecule has 2 fully saturated rings. The Kier molecular flexibility index (Phi) is 11.0. The van der Waals surface area contributed by atoms with Gasteiger partial charge >= 0.3 is 5.97 Å². The van der Waals surface area contributed by atoms with Crippen LogP contribution in [0.2, 0.25) is 0 Å². The highest BCUT2D eigenvalue weighted by molar-refractivity contribution is 14.0. The normalized spacial score (nSPS) is 19.7. The van der Waals surface area contributed by atoms with Gasteiger partial charge < -0.3 is 19.9 Å². The first-order valence-corrected chi connectivity index (χ1v) is 10.0. The second-order valence-electron chi connectivity index (χ2n) is 7.03. The molecule has 2 aliphatic rings. The average molecular weight is 494 g/mol. The van der Waals surface area contributed by atoms with Crippen molar-refractivity contribution in [3.8, 4) is 0 Å². The van der Waals surface area contributed by atoms with Crippen LogP contribution in [0.25, 0.3) is 0 Å². The SMILES string of the molecule is CCOC(=O)C1CCN(C(=NC)NCCC(CC)N2CCCC2=O)CC1.I. The van der Waals surface area contributed by atoms with Gasteiger partial charge in [0.25, 0.3) is 0 Å². The minimum absolute atomic E-state index is 0. The number of hydrogen-bond donors (Lipinski definition) is 1. The zero-order chi connectivity index (χ0) is 18.9. The third-order valence-corrected chi connectivity index (χ3v) is 5.41. The summed E-state index contributed by atoms with van der Waals surface area (Å²) in [4.78, 5) is 32.4. The molecule has 0 aromatic heterocycles. The maximum atomic E-state index is 11.9. The summed E-state index contributed by atoms with van der Waals surface area (Å²) in [5.74, 6) is 1.11. The Labute approximate surface area is 180 Å². The Bertz CT molecular complexity index is 507. The van der Waals surface area contributed by atoms with E-state index in [9.17, 15) is 9.59 Å². The smallest absolute Gasteiger partial charge is 0.309 e. The molecule has 2 rings (SSSR count). The predicted molar refractivity (Wildman–Crippen MR) is 117 cm³/mol. The van der Waals surface area contributed by atoms with Gasteiger partial charge in [-0.1, -0.05) is 6.92 Å². The van der Waals surface area contributed by atoms with Gasteiger partial charge in [0, 0.05) is 45.7 Å². The lowest BCUT2D eigenvalue weighted by molar-refractivity contribution is -0.149. The Balaban J connectivity index is 0.00000364. The number of carbonyl (C=O) groups excluding carboxylic acids is 2. The van der Waals surface area contributed by atoms with Crippen LogP contribution in [0.3, 0.4) is 0 Å². The number of halogens is 1. The van der Waals surface area contributed by atoms with Crippen LogP contribution < -0.4 is 5.32 Å². The molecular weight excluding hydrogens is 459 g/mol. The van der Waals surface area contributed by atoms with Crippen LogP contribution in [0.15, 0.2) is 4.99 Å². The van der Waals surface area contributed by atoms with Crippen molar-refractivity contribution in [3.05, 3.63) is 0 Å². The molecule has 2 saturated heterocycles. The Morgan fingerprint density at radius 3 is 2.52 bits per heavy atom. The third-order valence-electron chi connectivity index (χ3n) is 5.41. The molecule has 0 aromatic carbocycles. The molecule has 0 saturated carbocycles. The number of hydrogen-bond acceptors (Lipinski definition) is 4. The Hall–Kier alpha value is -1.06. The van der Waals surface area contributed by atoms with Crippen molar-refractivity contribution in [1.29, 1.82) is 0 Å². The van der Waals surface area contributed by atoms with Gasteiger partial charge in [-0.15, -0.1) is 24.0 Å². The van der Waals surface area contributed by atoms with Gasteiger partial charge in [-0.3, -0.25) is 14.6 Å². The summed E-state index contributed by atoms with van der Waals surface area (Å²) in [5.41, 5.74) is 0. The second-order valence-corrected chi connectivity index (χ2v) is 7.03. The van der Waals surface area contributed by atoms with Gasteiger partial charge in [0.05, 0.1) is 12.5 Å². The van der Waals surface area contributed by atoms with Crippen molar-refractivity contribution in [2.75, 3.05) is 39.8 Å². The van der Waals surface area contributed by atoms with Crippen molar-refractivity contribution in [2.45, 2.75) is 58.4 Å². The zero-order valence-corrected chi connectivity index (χ0v) is 19.2. The van der Waals surface area contributed by atoms with Crippen LogP contribution >= 0.6 is 24.0 Å². The van der Waals surface area contributed by atoms with Gasteiger partial charge in [0.1, 0.15) is 0 Å². The van der Waals surface area contributed by atoms with Gasteiger partial charge in [0.2, 0.25) is 5.91 Å². The van der Waals surface area contributed by atoms with E-state index in [2.05, 4.69) is 22.1 Å². The number of aliphatic imine (C=N–C) groups is 1. The van der Waals surface area contributed by atoms with Crippen molar-refractivity contribution >= 4 is 41.8 Å². The third kappa shape index (κ3) is 6.80. The van der Waals surface area contributed by atoms with E-state index in [0.29, 0.717) is 25.0 Å². The fourth-order valence-corrected chi connectivity index (χ4v) is 3.91. The van der Waals surface area contributed by atoms with Gasteiger partial charge in [-0.05, 0) is 39.0 Å². The number of guanidine groups is 1. The quantitative estimate of drug-likeness (QED) is 0.255. The number of esters is 1. The molecule has 2 aliphatic heterocycles. The molecule has 27 heavy (non-hydrogen) atoms. The lowest BCUT2D eigenvalue weighted by Crippen LogP contribution is -2.47. The van der Waals surface area contributed by atoms with E-state index in [1.54, 1.807) is 7.05 Å². The molecule has 1 amide bonds. The molecule has 7 nitrogen and oxygen atoms in total. The summed E-state index contributed by atoms with van der Waals surface area (Å²) in [6, 6.07) is 0.310. The molecule has 0 bridgehead atoms. The number of likely N-dealkylation sites (tertiary alicyclic amines) is 2. The van der Waals surface area contributed by atoms with Crippen LogP contribution in [0.5, 0.6) is 0 Å². The number of amides is 1. The van der Waals surface area contributed by atoms with E-state index in [-0.39, 0.29) is 35.9 Å². The molecule has 1 N–H and O–H groups in total. The fraction of sp³-hybridized carbons (Fsp3) is 0.842. The first kappa shape index (κ1) is 24.0. The van der Waals surface area contributed by atoms with Crippen molar-refractivity contribution < 1.29 is 14.3 Å². The molecule has 8 heteroatoms. The van der Waals surface area contributed by atoms with Crippen molar-refractivity contribution in [2.24, 2.45) is 10.9 Å². The van der Waals surface area contributed by atoms with E-state index in [1.165, 1.54) is 0 Å². The standard InChI is InChI=1S/C19H34N4O3.HI/c1-4-16(23-12-6-7-17(23)24)8-11-21-19(20-3)22-13-9-15(10-14-22)18(25)26-5-2;/h15-16H,4-14H2,1-3H3,(H,20,21);1H. The zero-order valence-electron chi connectivity index (χ0n) is 16.9. The van der Waals surface area contributed by atoms with E-state index < -0.39 is 0 Å². The molecule has 0 aromatic rings. The number of ether oxygens (including phenoxy) is 1.